The van der Waals surface area contributed by atoms with Crippen LogP contribution < -0.4 is 23.7 Å². The summed E-state index contributed by atoms with van der Waals surface area (Å²) in [5.74, 6) is 1.27. The number of aromatic nitrogens is 4. The molecule has 1 N–H and O–H groups in total. The molecule has 0 unspecified atom stereocenters. The minimum atomic E-state index is -1.40. The van der Waals surface area contributed by atoms with Crippen LogP contribution >= 0.6 is 50.5 Å². The highest BCUT2D eigenvalue weighted by Gasteiger charge is 2.31. The summed E-state index contributed by atoms with van der Waals surface area (Å²) in [5.41, 5.74) is 4.72. The number of fused-ring (bicyclic) bond motifs is 7. The van der Waals surface area contributed by atoms with E-state index in [2.05, 4.69) is 47.7 Å². The minimum Gasteiger partial charge on any atom is -0.496 e. The van der Waals surface area contributed by atoms with E-state index in [1.165, 1.54) is 17.7 Å². The zero-order chi connectivity index (χ0) is 42.1. The number of methoxy groups -OCH3 is 1. The van der Waals surface area contributed by atoms with Crippen LogP contribution in [0.3, 0.4) is 0 Å². The largest absolute Gasteiger partial charge is 0.496 e. The third kappa shape index (κ3) is 8.70. The molecule has 3 aliphatic rings. The molecule has 0 amide bonds. The predicted molar refractivity (Wildman–Crippen MR) is 234 cm³/mol. The van der Waals surface area contributed by atoms with Crippen molar-refractivity contribution in [3.8, 4) is 51.4 Å². The Balaban J connectivity index is 1.20. The van der Waals surface area contributed by atoms with Crippen LogP contribution in [0.5, 0.6) is 28.9 Å². The number of hydrogen-bond donors (Lipinski definition) is 1. The van der Waals surface area contributed by atoms with Crippen LogP contribution in [0.25, 0.3) is 32.7 Å². The summed E-state index contributed by atoms with van der Waals surface area (Å²) >= 11 is 19.5. The first-order valence-electron chi connectivity index (χ1n) is 19.2. The maximum atomic E-state index is 13.1. The Labute approximate surface area is 369 Å². The van der Waals surface area contributed by atoms with E-state index in [4.69, 9.17) is 51.9 Å². The van der Waals surface area contributed by atoms with Gasteiger partial charge in [0.1, 0.15) is 47.7 Å². The monoisotopic (exact) mass is 934 g/mol. The molecule has 13 nitrogen and oxygen atoms in total. The lowest BCUT2D eigenvalue weighted by atomic mass is 9.95. The Morgan fingerprint density at radius 1 is 0.983 bits per heavy atom. The van der Waals surface area contributed by atoms with E-state index in [-0.39, 0.29) is 25.5 Å². The zero-order valence-corrected chi connectivity index (χ0v) is 37.1. The molecule has 3 aliphatic heterocycles. The van der Waals surface area contributed by atoms with Crippen LogP contribution in [0.15, 0.2) is 64.8 Å². The van der Waals surface area contributed by atoms with E-state index >= 15 is 0 Å². The highest BCUT2D eigenvalue weighted by Crippen LogP contribution is 2.52. The summed E-state index contributed by atoms with van der Waals surface area (Å²) < 4.78 is 32.3. The number of carboxylic acid groups (broad SMARTS) is 1. The van der Waals surface area contributed by atoms with E-state index in [0.29, 0.717) is 83.6 Å². The van der Waals surface area contributed by atoms with Gasteiger partial charge in [-0.1, -0.05) is 35.3 Å². The van der Waals surface area contributed by atoms with Crippen molar-refractivity contribution in [1.29, 1.82) is 0 Å². The number of thiophene rings is 1. The van der Waals surface area contributed by atoms with Crippen molar-refractivity contribution in [2.24, 2.45) is 0 Å². The number of para-hydroxylation sites is 1. The van der Waals surface area contributed by atoms with Gasteiger partial charge >= 0.3 is 5.97 Å². The van der Waals surface area contributed by atoms with E-state index in [1.54, 1.807) is 37.6 Å². The third-order valence-corrected chi connectivity index (χ3v) is 13.3. The molecular formula is C43H41BrCl2N6O7S. The van der Waals surface area contributed by atoms with Gasteiger partial charge in [0.2, 0.25) is 12.0 Å². The Morgan fingerprint density at radius 3 is 2.50 bits per heavy atom. The van der Waals surface area contributed by atoms with Crippen molar-refractivity contribution in [3.63, 3.8) is 0 Å². The summed E-state index contributed by atoms with van der Waals surface area (Å²) in [5, 5.41) is 11.9. The van der Waals surface area contributed by atoms with Crippen molar-refractivity contribution >= 4 is 66.7 Å². The summed E-state index contributed by atoms with van der Waals surface area (Å²) in [6, 6.07) is 14.6. The SMILES string of the molecule is COc1ccccc1-c1nccc(COc2ccc3cc2C[C@H](C(=O)O)Oc2ncnc4sc(Br)c(c24)-c2c(C)c(Cl)c(c(Cl)c2C)O[C@H](CN2CCN(C)CC2)CO3)n1. The van der Waals surface area contributed by atoms with E-state index in [9.17, 15) is 9.90 Å². The average Bonchev–Trinajstić information content (AvgIpc) is 3.59. The standard InChI is InChI=1S/C43H41BrCl2N6O7S/c1-23-33-24(2)37(46)38(36(23)45)58-28(19-52-15-13-51(3)14-16-52)21-56-27-9-10-30(57-20-26-11-12-47-40(50-26)29-7-5-6-8-31(29)55-4)25(17-27)18-32(43(53)54)59-41-35-34(33)39(44)60-42(35)49-22-48-41/h5-12,17,22,28,32H,13-16,18-21H2,1-4H3,(H,53,54)/t28-,32-/m1/s1. The molecule has 4 bridgehead atoms. The molecule has 1 fully saturated rings. The van der Waals surface area contributed by atoms with Gasteiger partial charge < -0.3 is 33.7 Å². The van der Waals surface area contributed by atoms with E-state index in [0.717, 1.165) is 41.1 Å². The molecule has 0 saturated carbocycles. The van der Waals surface area contributed by atoms with Gasteiger partial charge in [-0.05, 0) is 89.9 Å². The molecular weight excluding hydrogens is 895 g/mol. The molecule has 0 aliphatic carbocycles. The summed E-state index contributed by atoms with van der Waals surface area (Å²) in [6.45, 7) is 8.13. The molecule has 6 aromatic rings. The molecule has 0 radical (unpaired) electrons. The number of nitrogens with zero attached hydrogens (tertiary/aromatic N) is 6. The van der Waals surface area contributed by atoms with Crippen LogP contribution in [0, 0.1) is 13.8 Å². The van der Waals surface area contributed by atoms with E-state index in [1.807, 2.05) is 38.1 Å². The third-order valence-electron chi connectivity index (χ3n) is 10.6. The molecule has 1 saturated heterocycles. The van der Waals surface area contributed by atoms with Crippen molar-refractivity contribution in [3.05, 3.63) is 97.3 Å². The van der Waals surface area contributed by atoms with Crippen molar-refractivity contribution in [2.75, 3.05) is 53.5 Å². The van der Waals surface area contributed by atoms with Crippen LogP contribution in [-0.4, -0.2) is 107 Å². The lowest BCUT2D eigenvalue weighted by molar-refractivity contribution is -0.145. The van der Waals surface area contributed by atoms with Crippen molar-refractivity contribution < 1.29 is 33.6 Å². The van der Waals surface area contributed by atoms with E-state index < -0.39 is 18.2 Å². The lowest BCUT2D eigenvalue weighted by Crippen LogP contribution is -2.49. The van der Waals surface area contributed by atoms with Gasteiger partial charge in [-0.15, -0.1) is 11.3 Å². The van der Waals surface area contributed by atoms with Crippen LogP contribution in [0.1, 0.15) is 22.4 Å². The van der Waals surface area contributed by atoms with Gasteiger partial charge in [-0.25, -0.2) is 24.7 Å². The second-order valence-electron chi connectivity index (χ2n) is 14.6. The molecule has 60 heavy (non-hydrogen) atoms. The highest BCUT2D eigenvalue weighted by molar-refractivity contribution is 9.11. The maximum Gasteiger partial charge on any atom is 0.345 e. The summed E-state index contributed by atoms with van der Waals surface area (Å²) in [7, 11) is 3.71. The fourth-order valence-electron chi connectivity index (χ4n) is 7.45. The Hall–Kier alpha value is -4.77. The molecule has 312 valence electrons. The number of carbonyl (C=O) groups is 1. The molecule has 6 heterocycles. The predicted octanol–water partition coefficient (Wildman–Crippen LogP) is 8.55. The van der Waals surface area contributed by atoms with Gasteiger partial charge in [-0.2, -0.15) is 0 Å². The number of carboxylic acids is 1. The number of benzene rings is 3. The normalized spacial score (nSPS) is 17.4. The summed E-state index contributed by atoms with van der Waals surface area (Å²) in [6.07, 6.45) is 1.03. The second kappa shape index (κ2) is 18.1. The molecule has 3 aromatic heterocycles. The number of piperazine rings is 1. The number of likely N-dealkylation sites (N-methyl/N-ethyl adjacent to an activating group) is 1. The van der Waals surface area contributed by atoms with Gasteiger partial charge in [0.25, 0.3) is 0 Å². The fraction of sp³-hybridized carbons (Fsp3) is 0.326. The molecule has 9 rings (SSSR count). The Bertz CT molecular complexity index is 2540. The molecule has 17 heteroatoms. The van der Waals surface area contributed by atoms with Gasteiger partial charge in [0.05, 0.1) is 37.6 Å². The average molecular weight is 937 g/mol. The first-order chi connectivity index (χ1) is 29.0. The van der Waals surface area contributed by atoms with Gasteiger partial charge in [0.15, 0.2) is 11.6 Å². The van der Waals surface area contributed by atoms with Gasteiger partial charge in [-0.3, -0.25) is 4.90 Å². The number of ether oxygens (including phenoxy) is 5. The highest BCUT2D eigenvalue weighted by atomic mass is 79.9. The first kappa shape index (κ1) is 41.9. The number of hydrogen-bond acceptors (Lipinski definition) is 13. The van der Waals surface area contributed by atoms with Crippen LogP contribution in [0.4, 0.5) is 0 Å². The van der Waals surface area contributed by atoms with Crippen LogP contribution in [0.2, 0.25) is 10.0 Å². The zero-order valence-electron chi connectivity index (χ0n) is 33.2. The topological polar surface area (TPSA) is 141 Å². The molecule has 0 spiro atoms. The van der Waals surface area contributed by atoms with Crippen LogP contribution in [-0.2, 0) is 17.8 Å². The first-order valence-corrected chi connectivity index (χ1v) is 21.6. The summed E-state index contributed by atoms with van der Waals surface area (Å²) in [4.78, 5) is 36.5. The number of aliphatic carboxylic acids is 1. The smallest absolute Gasteiger partial charge is 0.345 e. The number of halogens is 3. The minimum absolute atomic E-state index is 0.0632. The lowest BCUT2D eigenvalue weighted by Gasteiger charge is -2.35. The number of rotatable bonds is 8. The molecule has 2 atom stereocenters. The van der Waals surface area contributed by atoms with Crippen molar-refractivity contribution in [1.82, 2.24) is 29.7 Å². The van der Waals surface area contributed by atoms with Gasteiger partial charge in [0, 0.05) is 56.5 Å². The fourth-order valence-corrected chi connectivity index (χ4v) is 9.69. The van der Waals surface area contributed by atoms with Crippen molar-refractivity contribution in [2.45, 2.75) is 39.1 Å². The quantitative estimate of drug-likeness (QED) is 0.156. The maximum absolute atomic E-state index is 13.1. The molecule has 3 aromatic carbocycles. The Kier molecular flexibility index (Phi) is 12.6. The second-order valence-corrected chi connectivity index (χ2v) is 17.7. The Morgan fingerprint density at radius 2 is 1.75 bits per heavy atom.